The zero-order chi connectivity index (χ0) is 23.4. The van der Waals surface area contributed by atoms with Crippen molar-refractivity contribution in [2.24, 2.45) is 0 Å². The number of aryl methyl sites for hydroxylation is 1. The van der Waals surface area contributed by atoms with E-state index in [1.54, 1.807) is 42.5 Å². The number of ketones is 1. The van der Waals surface area contributed by atoms with Crippen LogP contribution < -0.4 is 4.74 Å². The van der Waals surface area contributed by atoms with Crippen LogP contribution in [-0.2, 0) is 22.6 Å². The lowest BCUT2D eigenvalue weighted by Gasteiger charge is -2.24. The second kappa shape index (κ2) is 9.61. The molecule has 0 spiro atoms. The summed E-state index contributed by atoms with van der Waals surface area (Å²) in [4.78, 5) is 27.6. The number of hydrogen-bond acceptors (Lipinski definition) is 5. The van der Waals surface area contributed by atoms with Crippen LogP contribution in [0.15, 0.2) is 89.6 Å². The number of likely N-dealkylation sites (tertiary alicyclic amines) is 1. The summed E-state index contributed by atoms with van der Waals surface area (Å²) in [6.45, 7) is 6.15. The monoisotopic (exact) mass is 443 g/mol. The molecule has 33 heavy (non-hydrogen) atoms. The minimum absolute atomic E-state index is 0.0514. The average Bonchev–Trinajstić information content (AvgIpc) is 3.45. The van der Waals surface area contributed by atoms with Crippen molar-refractivity contribution in [2.75, 3.05) is 6.61 Å². The van der Waals surface area contributed by atoms with Gasteiger partial charge in [0, 0.05) is 5.56 Å². The quantitative estimate of drug-likeness (QED) is 0.229. The second-order valence-corrected chi connectivity index (χ2v) is 7.73. The van der Waals surface area contributed by atoms with E-state index in [0.717, 1.165) is 17.5 Å². The molecule has 1 fully saturated rings. The van der Waals surface area contributed by atoms with Crippen molar-refractivity contribution in [3.8, 4) is 5.75 Å². The molecule has 1 aliphatic rings. The van der Waals surface area contributed by atoms with Gasteiger partial charge in [-0.25, -0.2) is 0 Å². The third kappa shape index (κ3) is 4.46. The number of furan rings is 1. The molecule has 0 radical (unpaired) electrons. The largest absolute Gasteiger partial charge is 0.507 e. The number of amides is 1. The molecule has 4 rings (SSSR count). The highest BCUT2D eigenvalue weighted by Gasteiger charge is 2.46. The number of Topliss-reactive ketones (excluding diaryl/α,β-unsaturated/α-hetero) is 1. The molecule has 1 aromatic heterocycles. The molecular weight excluding hydrogens is 418 g/mol. The van der Waals surface area contributed by atoms with Crippen LogP contribution in [0.4, 0.5) is 0 Å². The Morgan fingerprint density at radius 3 is 2.45 bits per heavy atom. The van der Waals surface area contributed by atoms with Gasteiger partial charge in [-0.1, -0.05) is 43.8 Å². The summed E-state index contributed by atoms with van der Waals surface area (Å²) in [6.07, 6.45) is 4.03. The van der Waals surface area contributed by atoms with E-state index in [4.69, 9.17) is 9.15 Å². The van der Waals surface area contributed by atoms with Crippen molar-refractivity contribution in [3.63, 3.8) is 0 Å². The molecule has 1 saturated heterocycles. The zero-order valence-corrected chi connectivity index (χ0v) is 18.4. The highest BCUT2D eigenvalue weighted by molar-refractivity contribution is 6.46. The molecule has 2 heterocycles. The van der Waals surface area contributed by atoms with Gasteiger partial charge in [0.2, 0.25) is 0 Å². The van der Waals surface area contributed by atoms with Crippen molar-refractivity contribution in [1.82, 2.24) is 4.90 Å². The fraction of sp³-hybridized carbons (Fsp3) is 0.185. The van der Waals surface area contributed by atoms with Gasteiger partial charge in [0.05, 0.1) is 24.4 Å². The molecular formula is C27H25NO5. The second-order valence-electron chi connectivity index (χ2n) is 7.73. The third-order valence-electron chi connectivity index (χ3n) is 5.65. The smallest absolute Gasteiger partial charge is 0.296 e. The van der Waals surface area contributed by atoms with Crippen molar-refractivity contribution >= 4 is 17.4 Å². The topological polar surface area (TPSA) is 80.0 Å². The van der Waals surface area contributed by atoms with Crippen LogP contribution in [-0.4, -0.2) is 28.3 Å². The van der Waals surface area contributed by atoms with E-state index in [1.165, 1.54) is 11.2 Å². The molecule has 168 valence electrons. The predicted molar refractivity (Wildman–Crippen MR) is 125 cm³/mol. The Morgan fingerprint density at radius 2 is 1.85 bits per heavy atom. The molecule has 0 bridgehead atoms. The van der Waals surface area contributed by atoms with Gasteiger partial charge in [0.25, 0.3) is 11.7 Å². The minimum Gasteiger partial charge on any atom is -0.507 e. The molecule has 1 N–H and O–H groups in total. The number of rotatable bonds is 8. The van der Waals surface area contributed by atoms with E-state index >= 15 is 0 Å². The van der Waals surface area contributed by atoms with Crippen molar-refractivity contribution < 1.29 is 23.8 Å². The third-order valence-corrected chi connectivity index (χ3v) is 5.65. The SMILES string of the molecule is C=CCOc1ccc(C(O)=C2C(=O)C(=O)N(Cc3ccco3)[C@H]2c2ccc(CC)cc2)cc1. The molecule has 1 aliphatic heterocycles. The van der Waals surface area contributed by atoms with Crippen LogP contribution in [0.25, 0.3) is 5.76 Å². The number of aliphatic hydroxyl groups is 1. The Labute approximate surface area is 192 Å². The van der Waals surface area contributed by atoms with Gasteiger partial charge >= 0.3 is 0 Å². The van der Waals surface area contributed by atoms with Gasteiger partial charge in [-0.05, 0) is 53.9 Å². The van der Waals surface area contributed by atoms with Gasteiger partial charge in [0.15, 0.2) is 0 Å². The molecule has 3 aromatic rings. The van der Waals surface area contributed by atoms with Crippen LogP contribution in [0.3, 0.4) is 0 Å². The Balaban J connectivity index is 1.78. The van der Waals surface area contributed by atoms with Gasteiger partial charge in [-0.15, -0.1) is 0 Å². The number of carbonyl (C=O) groups is 2. The first-order valence-electron chi connectivity index (χ1n) is 10.8. The molecule has 6 heteroatoms. The summed E-state index contributed by atoms with van der Waals surface area (Å²) in [5.74, 6) is -0.471. The minimum atomic E-state index is -0.738. The normalized spacial score (nSPS) is 17.4. The average molecular weight is 443 g/mol. The summed E-state index contributed by atoms with van der Waals surface area (Å²) in [7, 11) is 0. The standard InChI is InChI=1S/C27H25NO5/c1-3-15-32-21-13-11-20(12-14-21)25(29)23-24(19-9-7-18(4-2)8-10-19)28(27(31)26(23)30)17-22-6-5-16-33-22/h3,5-14,16,24,29H,1,4,15,17H2,2H3/t24-/m0/s1. The van der Waals surface area contributed by atoms with E-state index < -0.39 is 17.7 Å². The van der Waals surface area contributed by atoms with Crippen LogP contribution in [0.5, 0.6) is 5.75 Å². The van der Waals surface area contributed by atoms with Gasteiger partial charge < -0.3 is 19.2 Å². The Hall–Kier alpha value is -4.06. The van der Waals surface area contributed by atoms with E-state index in [0.29, 0.717) is 23.7 Å². The summed E-state index contributed by atoms with van der Waals surface area (Å²) >= 11 is 0. The van der Waals surface area contributed by atoms with E-state index in [-0.39, 0.29) is 17.9 Å². The lowest BCUT2D eigenvalue weighted by atomic mass is 9.94. The molecule has 0 unspecified atom stereocenters. The van der Waals surface area contributed by atoms with Crippen molar-refractivity contribution in [3.05, 3.63) is 108 Å². The van der Waals surface area contributed by atoms with E-state index in [2.05, 4.69) is 13.5 Å². The number of ether oxygens (including phenoxy) is 1. The first kappa shape index (κ1) is 22.1. The van der Waals surface area contributed by atoms with Gasteiger partial charge in [0.1, 0.15) is 23.9 Å². The first-order chi connectivity index (χ1) is 16.0. The molecule has 1 atom stereocenters. The highest BCUT2D eigenvalue weighted by Crippen LogP contribution is 2.40. The molecule has 0 saturated carbocycles. The molecule has 1 amide bonds. The molecule has 2 aromatic carbocycles. The predicted octanol–water partition coefficient (Wildman–Crippen LogP) is 5.03. The lowest BCUT2D eigenvalue weighted by Crippen LogP contribution is -2.29. The molecule has 6 nitrogen and oxygen atoms in total. The van der Waals surface area contributed by atoms with Crippen molar-refractivity contribution in [2.45, 2.75) is 25.9 Å². The number of benzene rings is 2. The maximum atomic E-state index is 13.1. The Bertz CT molecular complexity index is 1170. The number of aliphatic hydroxyl groups excluding tert-OH is 1. The van der Waals surface area contributed by atoms with Gasteiger partial charge in [-0.2, -0.15) is 0 Å². The number of carbonyl (C=O) groups excluding carboxylic acids is 2. The summed E-state index contributed by atoms with van der Waals surface area (Å²) in [6, 6.07) is 17.2. The Morgan fingerprint density at radius 1 is 1.12 bits per heavy atom. The van der Waals surface area contributed by atoms with Crippen LogP contribution >= 0.6 is 0 Å². The highest BCUT2D eigenvalue weighted by atomic mass is 16.5. The Kier molecular flexibility index (Phi) is 6.45. The van der Waals surface area contributed by atoms with Crippen molar-refractivity contribution in [1.29, 1.82) is 0 Å². The lowest BCUT2D eigenvalue weighted by molar-refractivity contribution is -0.140. The fourth-order valence-electron chi connectivity index (χ4n) is 3.92. The van der Waals surface area contributed by atoms with Crippen LogP contribution in [0, 0.1) is 0 Å². The number of hydrogen-bond donors (Lipinski definition) is 1. The maximum Gasteiger partial charge on any atom is 0.296 e. The van der Waals surface area contributed by atoms with E-state index in [9.17, 15) is 14.7 Å². The van der Waals surface area contributed by atoms with Crippen LogP contribution in [0.2, 0.25) is 0 Å². The summed E-state index contributed by atoms with van der Waals surface area (Å²) in [5, 5.41) is 11.2. The van der Waals surface area contributed by atoms with Crippen LogP contribution in [0.1, 0.15) is 35.4 Å². The molecule has 0 aliphatic carbocycles. The van der Waals surface area contributed by atoms with E-state index in [1.807, 2.05) is 24.3 Å². The number of nitrogens with zero attached hydrogens (tertiary/aromatic N) is 1. The zero-order valence-electron chi connectivity index (χ0n) is 18.4. The fourth-order valence-corrected chi connectivity index (χ4v) is 3.92. The summed E-state index contributed by atoms with van der Waals surface area (Å²) < 4.78 is 10.9. The maximum absolute atomic E-state index is 13.1. The van der Waals surface area contributed by atoms with Gasteiger partial charge in [-0.3, -0.25) is 9.59 Å². The first-order valence-corrected chi connectivity index (χ1v) is 10.8. The summed E-state index contributed by atoms with van der Waals surface area (Å²) in [5.41, 5.74) is 2.35.